The minimum Gasteiger partial charge on any atom is -0.306 e. The lowest BCUT2D eigenvalue weighted by molar-refractivity contribution is 0.251. The van der Waals surface area contributed by atoms with E-state index >= 15 is 0 Å². The van der Waals surface area contributed by atoms with E-state index in [-0.39, 0.29) is 0 Å². The molecule has 90 valence electrons. The number of hydrogen-bond donors (Lipinski definition) is 0. The van der Waals surface area contributed by atoms with Gasteiger partial charge in [-0.25, -0.2) is 0 Å². The number of aryl methyl sites for hydroxylation is 1. The Morgan fingerprint density at radius 3 is 3.12 bits per heavy atom. The summed E-state index contributed by atoms with van der Waals surface area (Å²) < 4.78 is 0. The van der Waals surface area contributed by atoms with Crippen LogP contribution in [0.4, 0.5) is 0 Å². The first-order valence-electron chi connectivity index (χ1n) is 6.44. The summed E-state index contributed by atoms with van der Waals surface area (Å²) in [7, 11) is 2.20. The summed E-state index contributed by atoms with van der Waals surface area (Å²) >= 11 is 0. The SMILES string of the molecule is CN1CCCC(c2cccc(CCC#N)c2)C1. The molecule has 1 aliphatic rings. The Balaban J connectivity index is 2.07. The fourth-order valence-electron chi connectivity index (χ4n) is 2.64. The van der Waals surface area contributed by atoms with Crippen molar-refractivity contribution in [1.29, 1.82) is 5.26 Å². The Bertz CT molecular complexity index is 406. The van der Waals surface area contributed by atoms with Crippen molar-refractivity contribution in [2.24, 2.45) is 0 Å². The molecule has 17 heavy (non-hydrogen) atoms. The van der Waals surface area contributed by atoms with Gasteiger partial charge in [-0.05, 0) is 49.9 Å². The molecule has 2 nitrogen and oxygen atoms in total. The second-order valence-electron chi connectivity index (χ2n) is 5.00. The summed E-state index contributed by atoms with van der Waals surface area (Å²) in [6.07, 6.45) is 4.09. The van der Waals surface area contributed by atoms with Crippen molar-refractivity contribution in [3.63, 3.8) is 0 Å². The standard InChI is InChI=1S/C15H20N2/c1-17-10-4-8-15(12-17)14-7-2-5-13(11-14)6-3-9-16/h2,5,7,11,15H,3-4,6,8,10,12H2,1H3. The van der Waals surface area contributed by atoms with E-state index in [2.05, 4.69) is 42.3 Å². The molecular weight excluding hydrogens is 208 g/mol. The molecule has 0 aromatic heterocycles. The van der Waals surface area contributed by atoms with Crippen molar-refractivity contribution < 1.29 is 0 Å². The molecular formula is C15H20N2. The summed E-state index contributed by atoms with van der Waals surface area (Å²) in [5, 5.41) is 8.62. The number of nitriles is 1. The Hall–Kier alpha value is -1.33. The number of benzene rings is 1. The van der Waals surface area contributed by atoms with Crippen molar-refractivity contribution in [2.75, 3.05) is 20.1 Å². The highest BCUT2D eigenvalue weighted by Crippen LogP contribution is 2.26. The van der Waals surface area contributed by atoms with Gasteiger partial charge in [0, 0.05) is 13.0 Å². The molecule has 0 radical (unpaired) electrons. The van der Waals surface area contributed by atoms with Gasteiger partial charge in [-0.2, -0.15) is 5.26 Å². The van der Waals surface area contributed by atoms with Gasteiger partial charge in [0.25, 0.3) is 0 Å². The van der Waals surface area contributed by atoms with E-state index in [1.165, 1.54) is 37.1 Å². The molecule has 0 spiro atoms. The fourth-order valence-corrected chi connectivity index (χ4v) is 2.64. The quantitative estimate of drug-likeness (QED) is 0.795. The molecule has 0 saturated carbocycles. The fraction of sp³-hybridized carbons (Fsp3) is 0.533. The Morgan fingerprint density at radius 1 is 1.47 bits per heavy atom. The van der Waals surface area contributed by atoms with Crippen molar-refractivity contribution in [3.05, 3.63) is 35.4 Å². The van der Waals surface area contributed by atoms with E-state index in [0.717, 1.165) is 6.42 Å². The number of nitrogens with zero attached hydrogens (tertiary/aromatic N) is 2. The summed E-state index contributed by atoms with van der Waals surface area (Å²) in [4.78, 5) is 2.41. The van der Waals surface area contributed by atoms with Crippen LogP contribution in [-0.4, -0.2) is 25.0 Å². The highest BCUT2D eigenvalue weighted by Gasteiger charge is 2.18. The van der Waals surface area contributed by atoms with Crippen LogP contribution in [0.3, 0.4) is 0 Å². The third-order valence-corrected chi connectivity index (χ3v) is 3.57. The van der Waals surface area contributed by atoms with Crippen LogP contribution in [0.15, 0.2) is 24.3 Å². The number of hydrogen-bond acceptors (Lipinski definition) is 2. The maximum atomic E-state index is 8.62. The monoisotopic (exact) mass is 228 g/mol. The molecule has 0 amide bonds. The molecule has 1 atom stereocenters. The first-order valence-corrected chi connectivity index (χ1v) is 6.44. The minimum atomic E-state index is 0.619. The van der Waals surface area contributed by atoms with Gasteiger partial charge in [0.15, 0.2) is 0 Å². The zero-order valence-electron chi connectivity index (χ0n) is 10.5. The van der Waals surface area contributed by atoms with E-state index in [1.807, 2.05) is 0 Å². The van der Waals surface area contributed by atoms with E-state index in [9.17, 15) is 0 Å². The summed E-state index contributed by atoms with van der Waals surface area (Å²) in [6, 6.07) is 11.0. The van der Waals surface area contributed by atoms with Gasteiger partial charge in [0.05, 0.1) is 6.07 Å². The van der Waals surface area contributed by atoms with Crippen LogP contribution in [-0.2, 0) is 6.42 Å². The number of rotatable bonds is 3. The Kier molecular flexibility index (Phi) is 4.17. The molecule has 0 aliphatic carbocycles. The minimum absolute atomic E-state index is 0.619. The van der Waals surface area contributed by atoms with Crippen LogP contribution in [0.1, 0.15) is 36.3 Å². The zero-order valence-corrected chi connectivity index (χ0v) is 10.5. The first kappa shape index (κ1) is 12.1. The molecule has 1 heterocycles. The van der Waals surface area contributed by atoms with Gasteiger partial charge in [0.1, 0.15) is 0 Å². The Labute approximate surface area is 104 Å². The zero-order chi connectivity index (χ0) is 12.1. The second kappa shape index (κ2) is 5.84. The van der Waals surface area contributed by atoms with Gasteiger partial charge in [-0.1, -0.05) is 24.3 Å². The van der Waals surface area contributed by atoms with Crippen molar-refractivity contribution in [2.45, 2.75) is 31.6 Å². The van der Waals surface area contributed by atoms with Crippen LogP contribution >= 0.6 is 0 Å². The van der Waals surface area contributed by atoms with Gasteiger partial charge >= 0.3 is 0 Å². The predicted octanol–water partition coefficient (Wildman–Crippen LogP) is 2.95. The largest absolute Gasteiger partial charge is 0.306 e. The summed E-state index contributed by atoms with van der Waals surface area (Å²) in [5.41, 5.74) is 2.75. The van der Waals surface area contributed by atoms with Gasteiger partial charge in [0.2, 0.25) is 0 Å². The lowest BCUT2D eigenvalue weighted by Gasteiger charge is -2.30. The molecule has 1 saturated heterocycles. The number of piperidine rings is 1. The average Bonchev–Trinajstić information content (AvgIpc) is 2.37. The molecule has 1 unspecified atom stereocenters. The van der Waals surface area contributed by atoms with Crippen LogP contribution < -0.4 is 0 Å². The smallest absolute Gasteiger partial charge is 0.0625 e. The normalized spacial score (nSPS) is 21.1. The Morgan fingerprint density at radius 2 is 2.35 bits per heavy atom. The lowest BCUT2D eigenvalue weighted by atomic mass is 9.89. The molecule has 0 N–H and O–H groups in total. The van der Waals surface area contributed by atoms with E-state index in [4.69, 9.17) is 5.26 Å². The van der Waals surface area contributed by atoms with E-state index in [1.54, 1.807) is 0 Å². The van der Waals surface area contributed by atoms with E-state index < -0.39 is 0 Å². The summed E-state index contributed by atoms with van der Waals surface area (Å²) in [6.45, 7) is 2.40. The van der Waals surface area contributed by atoms with Crippen LogP contribution in [0.2, 0.25) is 0 Å². The highest BCUT2D eigenvalue weighted by molar-refractivity contribution is 5.27. The van der Waals surface area contributed by atoms with Crippen LogP contribution in [0, 0.1) is 11.3 Å². The van der Waals surface area contributed by atoms with Gasteiger partial charge in [-0.3, -0.25) is 0 Å². The van der Waals surface area contributed by atoms with Crippen molar-refractivity contribution in [1.82, 2.24) is 4.90 Å². The second-order valence-corrected chi connectivity index (χ2v) is 5.00. The topological polar surface area (TPSA) is 27.0 Å². The lowest BCUT2D eigenvalue weighted by Crippen LogP contribution is -2.30. The third kappa shape index (κ3) is 3.31. The van der Waals surface area contributed by atoms with Crippen molar-refractivity contribution >= 4 is 0 Å². The predicted molar refractivity (Wildman–Crippen MR) is 69.8 cm³/mol. The third-order valence-electron chi connectivity index (χ3n) is 3.57. The maximum Gasteiger partial charge on any atom is 0.0625 e. The van der Waals surface area contributed by atoms with Crippen LogP contribution in [0.25, 0.3) is 0 Å². The van der Waals surface area contributed by atoms with Gasteiger partial charge < -0.3 is 4.90 Å². The van der Waals surface area contributed by atoms with Crippen molar-refractivity contribution in [3.8, 4) is 6.07 Å². The summed E-state index contributed by atoms with van der Waals surface area (Å²) in [5.74, 6) is 0.677. The molecule has 1 aliphatic heterocycles. The first-order chi connectivity index (χ1) is 8.29. The van der Waals surface area contributed by atoms with E-state index in [0.29, 0.717) is 12.3 Å². The number of likely N-dealkylation sites (tertiary alicyclic amines) is 1. The molecule has 2 rings (SSSR count). The molecule has 1 fully saturated rings. The highest BCUT2D eigenvalue weighted by atomic mass is 15.1. The van der Waals surface area contributed by atoms with Crippen LogP contribution in [0.5, 0.6) is 0 Å². The maximum absolute atomic E-state index is 8.62. The molecule has 1 aromatic carbocycles. The average molecular weight is 228 g/mol. The number of likely N-dealkylation sites (N-methyl/N-ethyl adjacent to an activating group) is 1. The molecule has 0 bridgehead atoms. The molecule has 1 aromatic rings. The molecule has 2 heteroatoms. The van der Waals surface area contributed by atoms with Gasteiger partial charge in [-0.15, -0.1) is 0 Å².